The van der Waals surface area contributed by atoms with E-state index in [0.29, 0.717) is 6.42 Å². The van der Waals surface area contributed by atoms with Crippen LogP contribution in [-0.2, 0) is 4.79 Å². The standard InChI is InChI=1S/C12H24N2O2/c1-4-11(2,8-15)14-10(16)12(3)7-5-6-9(12)13/h9,15H,4-8,13H2,1-3H3,(H,14,16). The van der Waals surface area contributed by atoms with E-state index < -0.39 is 11.0 Å². The van der Waals surface area contributed by atoms with Crippen molar-refractivity contribution in [1.29, 1.82) is 0 Å². The second-order valence-electron chi connectivity index (χ2n) is 5.44. The van der Waals surface area contributed by atoms with Gasteiger partial charge in [-0.05, 0) is 33.1 Å². The molecule has 1 fully saturated rings. The Balaban J connectivity index is 2.71. The summed E-state index contributed by atoms with van der Waals surface area (Å²) in [7, 11) is 0. The lowest BCUT2D eigenvalue weighted by atomic mass is 9.83. The van der Waals surface area contributed by atoms with Crippen LogP contribution in [0.2, 0.25) is 0 Å². The maximum Gasteiger partial charge on any atom is 0.228 e. The van der Waals surface area contributed by atoms with Gasteiger partial charge in [-0.15, -0.1) is 0 Å². The summed E-state index contributed by atoms with van der Waals surface area (Å²) in [6, 6.07) is -0.0627. The minimum Gasteiger partial charge on any atom is -0.394 e. The Labute approximate surface area is 97.6 Å². The molecular weight excluding hydrogens is 204 g/mol. The largest absolute Gasteiger partial charge is 0.394 e. The molecule has 4 heteroatoms. The number of carbonyl (C=O) groups is 1. The monoisotopic (exact) mass is 228 g/mol. The third-order valence-corrected chi connectivity index (χ3v) is 4.09. The maximum atomic E-state index is 12.2. The van der Waals surface area contributed by atoms with Crippen LogP contribution in [0.5, 0.6) is 0 Å². The predicted molar refractivity (Wildman–Crippen MR) is 63.9 cm³/mol. The molecule has 3 unspecified atom stereocenters. The fraction of sp³-hybridized carbons (Fsp3) is 0.917. The van der Waals surface area contributed by atoms with Crippen LogP contribution in [0.25, 0.3) is 0 Å². The lowest BCUT2D eigenvalue weighted by Crippen LogP contribution is -2.56. The Morgan fingerprint density at radius 1 is 1.69 bits per heavy atom. The van der Waals surface area contributed by atoms with Crippen molar-refractivity contribution in [2.24, 2.45) is 11.1 Å². The lowest BCUT2D eigenvalue weighted by Gasteiger charge is -2.34. The molecule has 0 spiro atoms. The van der Waals surface area contributed by atoms with Gasteiger partial charge in [-0.3, -0.25) is 4.79 Å². The number of aliphatic hydroxyl groups excluding tert-OH is 1. The Morgan fingerprint density at radius 3 is 2.69 bits per heavy atom. The first-order valence-corrected chi connectivity index (χ1v) is 6.07. The van der Waals surface area contributed by atoms with Crippen molar-refractivity contribution in [2.75, 3.05) is 6.61 Å². The van der Waals surface area contributed by atoms with Crippen molar-refractivity contribution >= 4 is 5.91 Å². The zero-order valence-electron chi connectivity index (χ0n) is 10.5. The van der Waals surface area contributed by atoms with Crippen molar-refractivity contribution in [3.63, 3.8) is 0 Å². The van der Waals surface area contributed by atoms with E-state index in [9.17, 15) is 9.90 Å². The fourth-order valence-electron chi connectivity index (χ4n) is 2.13. The van der Waals surface area contributed by atoms with E-state index in [4.69, 9.17) is 5.73 Å². The highest BCUT2D eigenvalue weighted by Gasteiger charge is 2.44. The van der Waals surface area contributed by atoms with E-state index in [1.165, 1.54) is 0 Å². The third kappa shape index (κ3) is 2.38. The number of hydrogen-bond acceptors (Lipinski definition) is 3. The molecule has 94 valence electrons. The highest BCUT2D eigenvalue weighted by atomic mass is 16.3. The van der Waals surface area contributed by atoms with Gasteiger partial charge >= 0.3 is 0 Å². The summed E-state index contributed by atoms with van der Waals surface area (Å²) in [4.78, 5) is 12.2. The van der Waals surface area contributed by atoms with Gasteiger partial charge in [0.15, 0.2) is 0 Å². The van der Waals surface area contributed by atoms with E-state index in [1.54, 1.807) is 0 Å². The Bertz CT molecular complexity index is 264. The van der Waals surface area contributed by atoms with Crippen LogP contribution in [0.1, 0.15) is 46.5 Å². The molecule has 0 heterocycles. The summed E-state index contributed by atoms with van der Waals surface area (Å²) in [6.07, 6.45) is 3.46. The quantitative estimate of drug-likeness (QED) is 0.665. The van der Waals surface area contributed by atoms with Gasteiger partial charge in [0.2, 0.25) is 5.91 Å². The van der Waals surface area contributed by atoms with Crippen molar-refractivity contribution in [1.82, 2.24) is 5.32 Å². The minimum absolute atomic E-state index is 0.0177. The van der Waals surface area contributed by atoms with E-state index in [0.717, 1.165) is 19.3 Å². The van der Waals surface area contributed by atoms with Gasteiger partial charge in [0.05, 0.1) is 17.6 Å². The van der Waals surface area contributed by atoms with Gasteiger partial charge in [-0.2, -0.15) is 0 Å². The molecule has 3 atom stereocenters. The molecular formula is C12H24N2O2. The number of aliphatic hydroxyl groups is 1. The summed E-state index contributed by atoms with van der Waals surface area (Å²) in [5, 5.41) is 12.2. The molecule has 4 N–H and O–H groups in total. The molecule has 1 amide bonds. The van der Waals surface area contributed by atoms with Crippen LogP contribution in [0.3, 0.4) is 0 Å². The number of nitrogens with one attached hydrogen (secondary N) is 1. The molecule has 0 aliphatic heterocycles. The van der Waals surface area contributed by atoms with Gasteiger partial charge < -0.3 is 16.2 Å². The van der Waals surface area contributed by atoms with Crippen molar-refractivity contribution in [3.05, 3.63) is 0 Å². The Kier molecular flexibility index (Phi) is 3.97. The molecule has 1 aliphatic carbocycles. The molecule has 0 radical (unpaired) electrons. The van der Waals surface area contributed by atoms with Crippen LogP contribution in [-0.4, -0.2) is 29.2 Å². The Hall–Kier alpha value is -0.610. The summed E-state index contributed by atoms with van der Waals surface area (Å²) >= 11 is 0. The average molecular weight is 228 g/mol. The molecule has 1 aliphatic rings. The molecule has 16 heavy (non-hydrogen) atoms. The summed E-state index contributed by atoms with van der Waals surface area (Å²) in [5.74, 6) is -0.0177. The van der Waals surface area contributed by atoms with Crippen molar-refractivity contribution in [3.8, 4) is 0 Å². The summed E-state index contributed by atoms with van der Waals surface area (Å²) in [6.45, 7) is 5.69. The Morgan fingerprint density at radius 2 is 2.31 bits per heavy atom. The highest BCUT2D eigenvalue weighted by Crippen LogP contribution is 2.37. The van der Waals surface area contributed by atoms with Crippen LogP contribution in [0.15, 0.2) is 0 Å². The fourth-order valence-corrected chi connectivity index (χ4v) is 2.13. The van der Waals surface area contributed by atoms with Crippen LogP contribution in [0, 0.1) is 5.41 Å². The van der Waals surface area contributed by atoms with E-state index in [-0.39, 0.29) is 18.6 Å². The van der Waals surface area contributed by atoms with Gasteiger partial charge in [-0.25, -0.2) is 0 Å². The van der Waals surface area contributed by atoms with Crippen LogP contribution < -0.4 is 11.1 Å². The first-order valence-electron chi connectivity index (χ1n) is 6.07. The SMILES string of the molecule is CCC(C)(CO)NC(=O)C1(C)CCCC1N. The molecule has 4 nitrogen and oxygen atoms in total. The highest BCUT2D eigenvalue weighted by molar-refractivity contribution is 5.84. The van der Waals surface area contributed by atoms with E-state index >= 15 is 0 Å². The van der Waals surface area contributed by atoms with Crippen molar-refractivity contribution < 1.29 is 9.90 Å². The molecule has 0 aromatic carbocycles. The lowest BCUT2D eigenvalue weighted by molar-refractivity contribution is -0.133. The molecule has 1 saturated carbocycles. The second kappa shape index (κ2) is 4.72. The molecule has 1 rings (SSSR count). The zero-order chi connectivity index (χ0) is 12.4. The maximum absolute atomic E-state index is 12.2. The molecule has 0 bridgehead atoms. The number of hydrogen-bond donors (Lipinski definition) is 3. The first-order chi connectivity index (χ1) is 7.38. The minimum atomic E-state index is -0.525. The summed E-state index contributed by atoms with van der Waals surface area (Å²) < 4.78 is 0. The van der Waals surface area contributed by atoms with Gasteiger partial charge in [0.1, 0.15) is 0 Å². The normalized spacial score (nSPS) is 33.4. The number of carbonyl (C=O) groups excluding carboxylic acids is 1. The third-order valence-electron chi connectivity index (χ3n) is 4.09. The molecule has 0 saturated heterocycles. The molecule has 0 aromatic heterocycles. The molecule has 0 aromatic rings. The van der Waals surface area contributed by atoms with Crippen LogP contribution >= 0.6 is 0 Å². The van der Waals surface area contributed by atoms with E-state index in [1.807, 2.05) is 20.8 Å². The van der Waals surface area contributed by atoms with Gasteiger partial charge in [-0.1, -0.05) is 13.3 Å². The topological polar surface area (TPSA) is 75.3 Å². The van der Waals surface area contributed by atoms with Gasteiger partial charge in [0.25, 0.3) is 0 Å². The second-order valence-corrected chi connectivity index (χ2v) is 5.44. The zero-order valence-corrected chi connectivity index (χ0v) is 10.5. The van der Waals surface area contributed by atoms with E-state index in [2.05, 4.69) is 5.32 Å². The van der Waals surface area contributed by atoms with Crippen molar-refractivity contribution in [2.45, 2.75) is 58.0 Å². The number of amides is 1. The smallest absolute Gasteiger partial charge is 0.228 e. The number of nitrogens with two attached hydrogens (primary N) is 1. The first kappa shape index (κ1) is 13.5. The summed E-state index contributed by atoms with van der Waals surface area (Å²) in [5.41, 5.74) is 5.00. The average Bonchev–Trinajstić information content (AvgIpc) is 2.60. The predicted octanol–water partition coefficient (Wildman–Crippen LogP) is 0.781. The van der Waals surface area contributed by atoms with Gasteiger partial charge in [0, 0.05) is 6.04 Å². The van der Waals surface area contributed by atoms with Crippen LogP contribution in [0.4, 0.5) is 0 Å². The number of rotatable bonds is 4.